The van der Waals surface area contributed by atoms with Gasteiger partial charge in [-0.1, -0.05) is 30.3 Å². The number of rotatable bonds is 6. The molecule has 2 nitrogen and oxygen atoms in total. The first-order valence-electron chi connectivity index (χ1n) is 5.63. The molecule has 1 aromatic rings. The lowest BCUT2D eigenvalue weighted by molar-refractivity contribution is 0.167. The number of aliphatic hydroxyl groups excluding tert-OH is 1. The molecule has 0 aliphatic heterocycles. The molecule has 84 valence electrons. The monoisotopic (exact) mass is 207 g/mol. The summed E-state index contributed by atoms with van der Waals surface area (Å²) < 4.78 is 0. The molecular formula is C13H21NO. The first-order valence-corrected chi connectivity index (χ1v) is 5.63. The van der Waals surface area contributed by atoms with E-state index in [-0.39, 0.29) is 6.61 Å². The molecule has 0 amide bonds. The number of nitrogens with zero attached hydrogens (tertiary/aromatic N) is 1. The average molecular weight is 207 g/mol. The molecule has 1 rings (SSSR count). The summed E-state index contributed by atoms with van der Waals surface area (Å²) in [5.41, 5.74) is 1.36. The van der Waals surface area contributed by atoms with Gasteiger partial charge in [0.25, 0.3) is 0 Å². The minimum Gasteiger partial charge on any atom is -0.395 e. The number of benzene rings is 1. The second-order valence-corrected chi connectivity index (χ2v) is 4.09. The van der Waals surface area contributed by atoms with Crippen LogP contribution in [0.3, 0.4) is 0 Å². The molecule has 0 saturated carbocycles. The normalized spacial score (nSPS) is 11.3. The third kappa shape index (κ3) is 4.45. The van der Waals surface area contributed by atoms with E-state index >= 15 is 0 Å². The topological polar surface area (TPSA) is 23.5 Å². The van der Waals surface area contributed by atoms with Gasteiger partial charge in [0.15, 0.2) is 0 Å². The van der Waals surface area contributed by atoms with Crippen LogP contribution < -0.4 is 0 Å². The fourth-order valence-electron chi connectivity index (χ4n) is 1.67. The van der Waals surface area contributed by atoms with Gasteiger partial charge >= 0.3 is 0 Å². The maximum atomic E-state index is 8.94. The maximum absolute atomic E-state index is 8.94. The van der Waals surface area contributed by atoms with Gasteiger partial charge in [0.05, 0.1) is 6.61 Å². The van der Waals surface area contributed by atoms with E-state index in [4.69, 9.17) is 5.11 Å². The number of hydrogen-bond acceptors (Lipinski definition) is 2. The summed E-state index contributed by atoms with van der Waals surface area (Å²) in [6, 6.07) is 11.0. The minimum absolute atomic E-state index is 0.243. The molecule has 0 atom stereocenters. The summed E-state index contributed by atoms with van der Waals surface area (Å²) in [6.07, 6.45) is 1.05. The van der Waals surface area contributed by atoms with E-state index in [0.29, 0.717) is 6.04 Å². The van der Waals surface area contributed by atoms with Crippen molar-refractivity contribution in [2.45, 2.75) is 26.3 Å². The van der Waals surface area contributed by atoms with Gasteiger partial charge in [-0.05, 0) is 25.8 Å². The molecule has 0 saturated heterocycles. The lowest BCUT2D eigenvalue weighted by Gasteiger charge is -2.25. The Kier molecular flexibility index (Phi) is 5.37. The third-order valence-electron chi connectivity index (χ3n) is 2.65. The van der Waals surface area contributed by atoms with Crippen LogP contribution in [-0.2, 0) is 6.42 Å². The highest BCUT2D eigenvalue weighted by Gasteiger charge is 2.07. The lowest BCUT2D eigenvalue weighted by Crippen LogP contribution is -2.35. The van der Waals surface area contributed by atoms with Crippen LogP contribution in [0.1, 0.15) is 19.4 Å². The standard InChI is InChI=1S/C13H21NO/c1-12(2)14(10-11-15)9-8-13-6-4-3-5-7-13/h3-7,12,15H,8-11H2,1-2H3. The largest absolute Gasteiger partial charge is 0.395 e. The van der Waals surface area contributed by atoms with E-state index in [1.165, 1.54) is 5.56 Å². The van der Waals surface area contributed by atoms with Crippen LogP contribution in [0.2, 0.25) is 0 Å². The zero-order valence-electron chi connectivity index (χ0n) is 9.69. The highest BCUT2D eigenvalue weighted by atomic mass is 16.3. The molecular weight excluding hydrogens is 186 g/mol. The van der Waals surface area contributed by atoms with E-state index in [2.05, 4.69) is 43.0 Å². The van der Waals surface area contributed by atoms with E-state index in [0.717, 1.165) is 19.5 Å². The Morgan fingerprint density at radius 3 is 2.33 bits per heavy atom. The van der Waals surface area contributed by atoms with Gasteiger partial charge in [0, 0.05) is 19.1 Å². The van der Waals surface area contributed by atoms with Gasteiger partial charge in [-0.2, -0.15) is 0 Å². The van der Waals surface area contributed by atoms with Gasteiger partial charge in [-0.3, -0.25) is 4.90 Å². The predicted molar refractivity (Wildman–Crippen MR) is 63.9 cm³/mol. The Morgan fingerprint density at radius 1 is 1.13 bits per heavy atom. The Balaban J connectivity index is 2.40. The van der Waals surface area contributed by atoms with Crippen LogP contribution in [0.5, 0.6) is 0 Å². The Labute approximate surface area is 92.5 Å². The summed E-state index contributed by atoms with van der Waals surface area (Å²) >= 11 is 0. The van der Waals surface area contributed by atoms with Crippen LogP contribution >= 0.6 is 0 Å². The quantitative estimate of drug-likeness (QED) is 0.770. The second-order valence-electron chi connectivity index (χ2n) is 4.09. The van der Waals surface area contributed by atoms with Gasteiger partial charge < -0.3 is 5.11 Å². The Hall–Kier alpha value is -0.860. The first kappa shape index (κ1) is 12.2. The average Bonchev–Trinajstić information content (AvgIpc) is 2.25. The molecule has 0 unspecified atom stereocenters. The summed E-state index contributed by atoms with van der Waals surface area (Å²) in [7, 11) is 0. The fraction of sp³-hybridized carbons (Fsp3) is 0.538. The van der Waals surface area contributed by atoms with Crippen LogP contribution in [0.15, 0.2) is 30.3 Å². The number of aliphatic hydroxyl groups is 1. The van der Waals surface area contributed by atoms with E-state index < -0.39 is 0 Å². The second kappa shape index (κ2) is 6.59. The van der Waals surface area contributed by atoms with Crippen molar-refractivity contribution < 1.29 is 5.11 Å². The summed E-state index contributed by atoms with van der Waals surface area (Å²) in [6.45, 7) is 6.36. The van der Waals surface area contributed by atoms with Crippen LogP contribution in [-0.4, -0.2) is 35.7 Å². The van der Waals surface area contributed by atoms with Crippen molar-refractivity contribution in [2.75, 3.05) is 19.7 Å². The molecule has 2 heteroatoms. The predicted octanol–water partition coefficient (Wildman–Crippen LogP) is 1.93. The molecule has 0 aliphatic carbocycles. The Bertz CT molecular complexity index is 258. The number of hydrogen-bond donors (Lipinski definition) is 1. The van der Waals surface area contributed by atoms with Crippen molar-refractivity contribution in [3.63, 3.8) is 0 Å². The van der Waals surface area contributed by atoms with E-state index in [1.54, 1.807) is 0 Å². The molecule has 0 aliphatic rings. The highest BCUT2D eigenvalue weighted by molar-refractivity contribution is 5.14. The summed E-state index contributed by atoms with van der Waals surface area (Å²) in [5, 5.41) is 8.94. The molecule has 15 heavy (non-hydrogen) atoms. The minimum atomic E-state index is 0.243. The smallest absolute Gasteiger partial charge is 0.0558 e. The zero-order chi connectivity index (χ0) is 11.1. The Morgan fingerprint density at radius 2 is 1.80 bits per heavy atom. The summed E-state index contributed by atoms with van der Waals surface area (Å²) in [5.74, 6) is 0. The molecule has 0 heterocycles. The molecule has 1 aromatic carbocycles. The van der Waals surface area contributed by atoms with E-state index in [1.807, 2.05) is 6.07 Å². The zero-order valence-corrected chi connectivity index (χ0v) is 9.69. The summed E-state index contributed by atoms with van der Waals surface area (Å²) in [4.78, 5) is 2.30. The van der Waals surface area contributed by atoms with Gasteiger partial charge in [-0.25, -0.2) is 0 Å². The van der Waals surface area contributed by atoms with Crippen molar-refractivity contribution in [1.29, 1.82) is 0 Å². The van der Waals surface area contributed by atoms with Crippen LogP contribution in [0.4, 0.5) is 0 Å². The van der Waals surface area contributed by atoms with Crippen molar-refractivity contribution >= 4 is 0 Å². The van der Waals surface area contributed by atoms with Gasteiger partial charge in [0.1, 0.15) is 0 Å². The van der Waals surface area contributed by atoms with Crippen LogP contribution in [0.25, 0.3) is 0 Å². The SMILES string of the molecule is CC(C)N(CCO)CCc1ccccc1. The molecule has 0 aromatic heterocycles. The van der Waals surface area contributed by atoms with Crippen molar-refractivity contribution in [1.82, 2.24) is 4.90 Å². The van der Waals surface area contributed by atoms with E-state index in [9.17, 15) is 0 Å². The van der Waals surface area contributed by atoms with Gasteiger partial charge in [-0.15, -0.1) is 0 Å². The third-order valence-corrected chi connectivity index (χ3v) is 2.65. The lowest BCUT2D eigenvalue weighted by atomic mass is 10.1. The highest BCUT2D eigenvalue weighted by Crippen LogP contribution is 2.03. The molecule has 1 N–H and O–H groups in total. The maximum Gasteiger partial charge on any atom is 0.0558 e. The van der Waals surface area contributed by atoms with Crippen molar-refractivity contribution in [3.8, 4) is 0 Å². The fourth-order valence-corrected chi connectivity index (χ4v) is 1.67. The van der Waals surface area contributed by atoms with Crippen molar-refractivity contribution in [2.24, 2.45) is 0 Å². The molecule has 0 fully saturated rings. The van der Waals surface area contributed by atoms with Crippen molar-refractivity contribution in [3.05, 3.63) is 35.9 Å². The molecule has 0 spiro atoms. The molecule has 0 radical (unpaired) electrons. The van der Waals surface area contributed by atoms with Gasteiger partial charge in [0.2, 0.25) is 0 Å². The first-order chi connectivity index (χ1) is 7.24. The molecule has 0 bridgehead atoms. The van der Waals surface area contributed by atoms with Crippen LogP contribution in [0, 0.1) is 0 Å².